The SMILES string of the molecule is C[C@H](NC(=O)O)C(=O)NCc1cc2cnccc2[nH]1. The molecule has 2 aromatic rings. The van der Waals surface area contributed by atoms with Gasteiger partial charge in [0.25, 0.3) is 0 Å². The maximum absolute atomic E-state index is 11.6. The maximum Gasteiger partial charge on any atom is 0.405 e. The first-order valence-corrected chi connectivity index (χ1v) is 5.75. The summed E-state index contributed by atoms with van der Waals surface area (Å²) < 4.78 is 0. The zero-order valence-corrected chi connectivity index (χ0v) is 10.3. The number of pyridine rings is 1. The molecule has 0 saturated carbocycles. The summed E-state index contributed by atoms with van der Waals surface area (Å²) >= 11 is 0. The van der Waals surface area contributed by atoms with Crippen LogP contribution in [0.25, 0.3) is 10.9 Å². The minimum atomic E-state index is -1.22. The van der Waals surface area contributed by atoms with Crippen molar-refractivity contribution in [2.45, 2.75) is 19.5 Å². The lowest BCUT2D eigenvalue weighted by atomic mass is 10.3. The molecule has 1 atom stereocenters. The Labute approximate surface area is 109 Å². The van der Waals surface area contributed by atoms with Gasteiger partial charge in [-0.2, -0.15) is 0 Å². The molecule has 0 aliphatic rings. The molecule has 2 amide bonds. The maximum atomic E-state index is 11.6. The van der Waals surface area contributed by atoms with Crippen LogP contribution in [0.15, 0.2) is 24.5 Å². The van der Waals surface area contributed by atoms with Crippen LogP contribution in [0.5, 0.6) is 0 Å². The number of carboxylic acid groups (broad SMARTS) is 1. The van der Waals surface area contributed by atoms with E-state index < -0.39 is 12.1 Å². The standard InChI is InChI=1S/C12H14N4O3/c1-7(15-12(18)19)11(17)14-6-9-4-8-5-13-3-2-10(8)16-9/h2-5,7,15-16H,6H2,1H3,(H,14,17)(H,18,19)/t7-/m0/s1. The second-order valence-corrected chi connectivity index (χ2v) is 4.15. The Bertz CT molecular complexity index is 575. The first-order chi connectivity index (χ1) is 9.06. The minimum Gasteiger partial charge on any atom is -0.465 e. The number of hydrogen-bond acceptors (Lipinski definition) is 3. The van der Waals surface area contributed by atoms with Crippen molar-refractivity contribution < 1.29 is 14.7 Å². The predicted octanol–water partition coefficient (Wildman–Crippen LogP) is 0.835. The van der Waals surface area contributed by atoms with Crippen LogP contribution in [0.1, 0.15) is 12.6 Å². The number of aromatic nitrogens is 2. The van der Waals surface area contributed by atoms with E-state index in [1.165, 1.54) is 6.92 Å². The van der Waals surface area contributed by atoms with E-state index in [1.54, 1.807) is 12.4 Å². The highest BCUT2D eigenvalue weighted by Crippen LogP contribution is 2.12. The molecule has 7 nitrogen and oxygen atoms in total. The molecule has 0 bridgehead atoms. The van der Waals surface area contributed by atoms with Crippen LogP contribution in [0.2, 0.25) is 0 Å². The molecule has 0 aromatic carbocycles. The largest absolute Gasteiger partial charge is 0.465 e. The van der Waals surface area contributed by atoms with Crippen molar-refractivity contribution in [1.82, 2.24) is 20.6 Å². The summed E-state index contributed by atoms with van der Waals surface area (Å²) in [5.74, 6) is -0.376. The van der Waals surface area contributed by atoms with E-state index in [2.05, 4.69) is 20.6 Å². The Morgan fingerprint density at radius 2 is 2.32 bits per heavy atom. The number of amides is 2. The number of hydrogen-bond donors (Lipinski definition) is 4. The monoisotopic (exact) mass is 262 g/mol. The molecule has 0 aliphatic heterocycles. The molecule has 0 saturated heterocycles. The minimum absolute atomic E-state index is 0.305. The van der Waals surface area contributed by atoms with Gasteiger partial charge in [0, 0.05) is 29.0 Å². The van der Waals surface area contributed by atoms with Crippen molar-refractivity contribution in [2.24, 2.45) is 0 Å². The Balaban J connectivity index is 1.94. The summed E-state index contributed by atoms with van der Waals surface area (Å²) in [6, 6.07) is 2.94. The summed E-state index contributed by atoms with van der Waals surface area (Å²) in [5.41, 5.74) is 1.77. The van der Waals surface area contributed by atoms with Crippen molar-refractivity contribution in [3.05, 3.63) is 30.2 Å². The highest BCUT2D eigenvalue weighted by Gasteiger charge is 2.14. The molecular weight excluding hydrogens is 248 g/mol. The van der Waals surface area contributed by atoms with Crippen LogP contribution in [-0.2, 0) is 11.3 Å². The van der Waals surface area contributed by atoms with Crippen molar-refractivity contribution in [1.29, 1.82) is 0 Å². The summed E-state index contributed by atoms with van der Waals surface area (Å²) in [7, 11) is 0. The third kappa shape index (κ3) is 3.21. The van der Waals surface area contributed by atoms with Gasteiger partial charge in [0.05, 0.1) is 6.54 Å². The van der Waals surface area contributed by atoms with Crippen molar-refractivity contribution in [2.75, 3.05) is 0 Å². The molecule has 2 heterocycles. The van der Waals surface area contributed by atoms with Crippen molar-refractivity contribution in [3.63, 3.8) is 0 Å². The van der Waals surface area contributed by atoms with Crippen molar-refractivity contribution >= 4 is 22.9 Å². The molecule has 100 valence electrons. The summed E-state index contributed by atoms with van der Waals surface area (Å²) in [6.07, 6.45) is 2.19. The fourth-order valence-electron chi connectivity index (χ4n) is 1.71. The third-order valence-electron chi connectivity index (χ3n) is 2.66. The fourth-order valence-corrected chi connectivity index (χ4v) is 1.71. The molecule has 0 aliphatic carbocycles. The molecule has 2 rings (SSSR count). The molecular formula is C12H14N4O3. The van der Waals surface area contributed by atoms with Gasteiger partial charge in [-0.05, 0) is 19.1 Å². The van der Waals surface area contributed by atoms with E-state index in [1.807, 2.05) is 12.1 Å². The number of aromatic amines is 1. The van der Waals surface area contributed by atoms with Crippen LogP contribution in [0.4, 0.5) is 4.79 Å². The van der Waals surface area contributed by atoms with Gasteiger partial charge in [0.1, 0.15) is 6.04 Å². The lowest BCUT2D eigenvalue weighted by molar-refractivity contribution is -0.122. The van der Waals surface area contributed by atoms with Crippen LogP contribution >= 0.6 is 0 Å². The van der Waals surface area contributed by atoms with Gasteiger partial charge >= 0.3 is 6.09 Å². The summed E-state index contributed by atoms with van der Waals surface area (Å²) in [6.45, 7) is 1.79. The van der Waals surface area contributed by atoms with Gasteiger partial charge < -0.3 is 20.7 Å². The summed E-state index contributed by atoms with van der Waals surface area (Å²) in [5, 5.41) is 14.2. The lowest BCUT2D eigenvalue weighted by Crippen LogP contribution is -2.44. The van der Waals surface area contributed by atoms with E-state index in [-0.39, 0.29) is 5.91 Å². The number of carbonyl (C=O) groups excluding carboxylic acids is 1. The fraction of sp³-hybridized carbons (Fsp3) is 0.250. The van der Waals surface area contributed by atoms with Gasteiger partial charge in [-0.1, -0.05) is 0 Å². The normalized spacial score (nSPS) is 12.1. The first-order valence-electron chi connectivity index (χ1n) is 5.75. The zero-order chi connectivity index (χ0) is 13.8. The van der Waals surface area contributed by atoms with E-state index in [4.69, 9.17) is 5.11 Å². The van der Waals surface area contributed by atoms with E-state index >= 15 is 0 Å². The number of nitrogens with one attached hydrogen (secondary N) is 3. The highest BCUT2D eigenvalue weighted by molar-refractivity contribution is 5.85. The van der Waals surface area contributed by atoms with Crippen LogP contribution in [-0.4, -0.2) is 33.1 Å². The first kappa shape index (κ1) is 12.9. The van der Waals surface area contributed by atoms with Crippen LogP contribution in [0, 0.1) is 0 Å². The van der Waals surface area contributed by atoms with E-state index in [0.717, 1.165) is 16.6 Å². The molecule has 0 spiro atoms. The topological polar surface area (TPSA) is 107 Å². The summed E-state index contributed by atoms with van der Waals surface area (Å²) in [4.78, 5) is 29.1. The lowest BCUT2D eigenvalue weighted by Gasteiger charge is -2.11. The van der Waals surface area contributed by atoms with Crippen LogP contribution < -0.4 is 10.6 Å². The Kier molecular flexibility index (Phi) is 3.65. The number of H-pyrrole nitrogens is 1. The molecule has 7 heteroatoms. The molecule has 0 unspecified atom stereocenters. The van der Waals surface area contributed by atoms with Gasteiger partial charge in [0.15, 0.2) is 0 Å². The number of carbonyl (C=O) groups is 2. The number of fused-ring (bicyclic) bond motifs is 1. The van der Waals surface area contributed by atoms with E-state index in [9.17, 15) is 9.59 Å². The van der Waals surface area contributed by atoms with Crippen molar-refractivity contribution in [3.8, 4) is 0 Å². The highest BCUT2D eigenvalue weighted by atomic mass is 16.4. The quantitative estimate of drug-likeness (QED) is 0.654. The molecule has 4 N–H and O–H groups in total. The molecule has 2 aromatic heterocycles. The predicted molar refractivity (Wildman–Crippen MR) is 68.6 cm³/mol. The van der Waals surface area contributed by atoms with Gasteiger partial charge in [-0.25, -0.2) is 4.79 Å². The van der Waals surface area contributed by atoms with Gasteiger partial charge in [-0.3, -0.25) is 9.78 Å². The van der Waals surface area contributed by atoms with E-state index in [0.29, 0.717) is 6.54 Å². The third-order valence-corrected chi connectivity index (χ3v) is 2.66. The van der Waals surface area contributed by atoms with Gasteiger partial charge in [0.2, 0.25) is 5.91 Å². The van der Waals surface area contributed by atoms with Crippen LogP contribution in [0.3, 0.4) is 0 Å². The Morgan fingerprint density at radius 3 is 3.00 bits per heavy atom. The van der Waals surface area contributed by atoms with Gasteiger partial charge in [-0.15, -0.1) is 0 Å². The Morgan fingerprint density at radius 1 is 1.53 bits per heavy atom. The second kappa shape index (κ2) is 5.38. The molecule has 19 heavy (non-hydrogen) atoms. The molecule has 0 fully saturated rings. The smallest absolute Gasteiger partial charge is 0.405 e. The molecule has 0 radical (unpaired) electrons. The number of rotatable bonds is 4. The zero-order valence-electron chi connectivity index (χ0n) is 10.3. The average molecular weight is 262 g/mol. The Hall–Kier alpha value is -2.57. The average Bonchev–Trinajstić information content (AvgIpc) is 2.77. The second-order valence-electron chi connectivity index (χ2n) is 4.15. The number of nitrogens with zero attached hydrogens (tertiary/aromatic N) is 1.